The van der Waals surface area contributed by atoms with Crippen LogP contribution in [0.3, 0.4) is 0 Å². The van der Waals surface area contributed by atoms with Gasteiger partial charge >= 0.3 is 0 Å². The molecule has 1 aromatic carbocycles. The minimum absolute atomic E-state index is 0.122. The van der Waals surface area contributed by atoms with E-state index in [4.69, 9.17) is 0 Å². The topological polar surface area (TPSA) is 18.5 Å². The van der Waals surface area contributed by atoms with Crippen LogP contribution < -0.4 is 10.2 Å². The number of anilines is 1. The molecule has 2 fully saturated rings. The molecule has 0 amide bonds. The molecule has 1 N–H and O–H groups in total. The molecule has 1 heterocycles. The van der Waals surface area contributed by atoms with Crippen LogP contribution in [0.25, 0.3) is 0 Å². The zero-order valence-electron chi connectivity index (χ0n) is 13.3. The molecule has 1 aliphatic heterocycles. The molecule has 3 rings (SSSR count). The number of hydrogen-bond donors (Lipinski definition) is 1. The summed E-state index contributed by atoms with van der Waals surface area (Å²) in [5.74, 6) is -0.128. The Morgan fingerprint density at radius 3 is 2.67 bits per heavy atom. The molecule has 1 saturated carbocycles. The normalized spacial score (nSPS) is 22.6. The van der Waals surface area contributed by atoms with Crippen molar-refractivity contribution in [1.29, 1.82) is 0 Å². The third kappa shape index (κ3) is 3.55. The highest BCUT2D eigenvalue weighted by Crippen LogP contribution is 2.26. The van der Waals surface area contributed by atoms with Gasteiger partial charge < -0.3 is 10.2 Å². The van der Waals surface area contributed by atoms with Crippen LogP contribution in [0.1, 0.15) is 32.3 Å². The first-order valence-corrected chi connectivity index (χ1v) is 7.93. The Morgan fingerprint density at radius 2 is 2.00 bits per heavy atom. The average Bonchev–Trinajstić information content (AvgIpc) is 3.23. The van der Waals surface area contributed by atoms with E-state index in [2.05, 4.69) is 42.1 Å². The zero-order chi connectivity index (χ0) is 15.0. The maximum Gasteiger partial charge on any atom is 0.125 e. The van der Waals surface area contributed by atoms with Crippen molar-refractivity contribution < 1.29 is 4.39 Å². The van der Waals surface area contributed by atoms with Crippen LogP contribution in [0.5, 0.6) is 0 Å². The van der Waals surface area contributed by atoms with Crippen LogP contribution in [0.2, 0.25) is 0 Å². The SMILES string of the molecule is CN1CCN(c2cc(F)cc(CNC3CC3)c2)CC1(C)C. The summed E-state index contributed by atoms with van der Waals surface area (Å²) in [7, 11) is 2.16. The molecule has 1 aliphatic carbocycles. The molecule has 0 bridgehead atoms. The molecular formula is C17H26FN3. The molecule has 4 heteroatoms. The molecule has 21 heavy (non-hydrogen) atoms. The van der Waals surface area contributed by atoms with Gasteiger partial charge in [-0.1, -0.05) is 0 Å². The lowest BCUT2D eigenvalue weighted by molar-refractivity contribution is 0.139. The molecule has 0 spiro atoms. The van der Waals surface area contributed by atoms with Crippen LogP contribution in [-0.2, 0) is 6.54 Å². The molecule has 0 unspecified atom stereocenters. The van der Waals surface area contributed by atoms with Gasteiger partial charge in [-0.25, -0.2) is 4.39 Å². The maximum absolute atomic E-state index is 13.9. The Labute approximate surface area is 127 Å². The summed E-state index contributed by atoms with van der Waals surface area (Å²) in [6.07, 6.45) is 2.52. The lowest BCUT2D eigenvalue weighted by atomic mass is 9.99. The van der Waals surface area contributed by atoms with Gasteiger partial charge in [0.1, 0.15) is 5.82 Å². The third-order valence-corrected chi connectivity index (χ3v) is 4.80. The van der Waals surface area contributed by atoms with Gasteiger partial charge in [-0.05, 0) is 57.5 Å². The van der Waals surface area contributed by atoms with E-state index in [9.17, 15) is 4.39 Å². The molecule has 1 aromatic rings. The van der Waals surface area contributed by atoms with Crippen LogP contribution >= 0.6 is 0 Å². The van der Waals surface area contributed by atoms with Gasteiger partial charge in [0.2, 0.25) is 0 Å². The summed E-state index contributed by atoms with van der Waals surface area (Å²) in [6.45, 7) is 8.16. The number of nitrogens with zero attached hydrogens (tertiary/aromatic N) is 2. The summed E-state index contributed by atoms with van der Waals surface area (Å²) in [5.41, 5.74) is 2.19. The van der Waals surface area contributed by atoms with Gasteiger partial charge in [0.15, 0.2) is 0 Å². The molecule has 0 radical (unpaired) electrons. The smallest absolute Gasteiger partial charge is 0.125 e. The van der Waals surface area contributed by atoms with Crippen molar-refractivity contribution >= 4 is 5.69 Å². The number of likely N-dealkylation sites (N-methyl/N-ethyl adjacent to an activating group) is 1. The highest BCUT2D eigenvalue weighted by molar-refractivity contribution is 5.50. The minimum atomic E-state index is -0.128. The predicted octanol–water partition coefficient (Wildman–Crippen LogP) is 2.61. The van der Waals surface area contributed by atoms with Crippen molar-refractivity contribution in [3.63, 3.8) is 0 Å². The van der Waals surface area contributed by atoms with Crippen molar-refractivity contribution in [2.45, 2.75) is 44.8 Å². The Bertz CT molecular complexity index is 511. The fourth-order valence-corrected chi connectivity index (χ4v) is 2.93. The average molecular weight is 291 g/mol. The van der Waals surface area contributed by atoms with Crippen molar-refractivity contribution in [1.82, 2.24) is 10.2 Å². The summed E-state index contributed by atoms with van der Waals surface area (Å²) >= 11 is 0. The van der Waals surface area contributed by atoms with Crippen LogP contribution in [0, 0.1) is 5.82 Å². The number of benzene rings is 1. The Kier molecular flexibility index (Phi) is 3.93. The monoisotopic (exact) mass is 291 g/mol. The van der Waals surface area contributed by atoms with E-state index >= 15 is 0 Å². The van der Waals surface area contributed by atoms with E-state index in [-0.39, 0.29) is 11.4 Å². The van der Waals surface area contributed by atoms with Crippen molar-refractivity contribution in [2.75, 3.05) is 31.6 Å². The fraction of sp³-hybridized carbons (Fsp3) is 0.647. The number of hydrogen-bond acceptors (Lipinski definition) is 3. The lowest BCUT2D eigenvalue weighted by Gasteiger charge is -2.46. The molecule has 0 aromatic heterocycles. The molecule has 116 valence electrons. The van der Waals surface area contributed by atoms with E-state index in [1.807, 2.05) is 0 Å². The maximum atomic E-state index is 13.9. The number of rotatable bonds is 4. The van der Waals surface area contributed by atoms with E-state index in [1.54, 1.807) is 12.1 Å². The molecule has 0 atom stereocenters. The second-order valence-corrected chi connectivity index (χ2v) is 7.13. The molecule has 1 saturated heterocycles. The highest BCUT2D eigenvalue weighted by Gasteiger charge is 2.31. The fourth-order valence-electron chi connectivity index (χ4n) is 2.93. The van der Waals surface area contributed by atoms with Crippen LogP contribution in [-0.4, -0.2) is 43.2 Å². The van der Waals surface area contributed by atoms with Gasteiger partial charge in [-0.15, -0.1) is 0 Å². The standard InChI is InChI=1S/C17H26FN3/c1-17(2)12-21(7-6-20(17)3)16-9-13(8-14(18)10-16)11-19-15-4-5-15/h8-10,15,19H,4-7,11-12H2,1-3H3. The van der Waals surface area contributed by atoms with Gasteiger partial charge in [-0.2, -0.15) is 0 Å². The predicted molar refractivity (Wildman–Crippen MR) is 85.2 cm³/mol. The van der Waals surface area contributed by atoms with Crippen LogP contribution in [0.4, 0.5) is 10.1 Å². The van der Waals surface area contributed by atoms with E-state index in [0.717, 1.165) is 37.4 Å². The Morgan fingerprint density at radius 1 is 1.24 bits per heavy atom. The van der Waals surface area contributed by atoms with Gasteiger partial charge in [0.25, 0.3) is 0 Å². The van der Waals surface area contributed by atoms with Gasteiger partial charge in [-0.3, -0.25) is 4.90 Å². The largest absolute Gasteiger partial charge is 0.368 e. The first kappa shape index (κ1) is 14.8. The minimum Gasteiger partial charge on any atom is -0.368 e. The van der Waals surface area contributed by atoms with Crippen LogP contribution in [0.15, 0.2) is 18.2 Å². The highest BCUT2D eigenvalue weighted by atomic mass is 19.1. The quantitative estimate of drug-likeness (QED) is 0.920. The first-order chi connectivity index (χ1) is 9.94. The summed E-state index contributed by atoms with van der Waals surface area (Å²) in [5, 5.41) is 3.46. The van der Waals surface area contributed by atoms with E-state index < -0.39 is 0 Å². The number of nitrogens with one attached hydrogen (secondary N) is 1. The Hall–Kier alpha value is -1.13. The number of piperazine rings is 1. The number of halogens is 1. The third-order valence-electron chi connectivity index (χ3n) is 4.80. The molecular weight excluding hydrogens is 265 g/mol. The Balaban J connectivity index is 1.74. The van der Waals surface area contributed by atoms with E-state index in [0.29, 0.717) is 6.04 Å². The zero-order valence-corrected chi connectivity index (χ0v) is 13.3. The van der Waals surface area contributed by atoms with Crippen molar-refractivity contribution in [3.05, 3.63) is 29.6 Å². The second kappa shape index (κ2) is 5.58. The molecule has 3 nitrogen and oxygen atoms in total. The first-order valence-electron chi connectivity index (χ1n) is 7.93. The molecule has 2 aliphatic rings. The lowest BCUT2D eigenvalue weighted by Crippen LogP contribution is -2.57. The van der Waals surface area contributed by atoms with Crippen molar-refractivity contribution in [2.24, 2.45) is 0 Å². The van der Waals surface area contributed by atoms with Gasteiger partial charge in [0, 0.05) is 43.4 Å². The van der Waals surface area contributed by atoms with Crippen molar-refractivity contribution in [3.8, 4) is 0 Å². The summed E-state index contributed by atoms with van der Waals surface area (Å²) in [4.78, 5) is 4.68. The summed E-state index contributed by atoms with van der Waals surface area (Å²) < 4.78 is 13.9. The van der Waals surface area contributed by atoms with Gasteiger partial charge in [0.05, 0.1) is 0 Å². The van der Waals surface area contributed by atoms with E-state index in [1.165, 1.54) is 12.8 Å². The second-order valence-electron chi connectivity index (χ2n) is 7.13. The summed E-state index contributed by atoms with van der Waals surface area (Å²) in [6, 6.07) is 6.11.